The number of carbonyl (C=O) groups is 1. The van der Waals surface area contributed by atoms with Crippen LogP contribution in [0.3, 0.4) is 0 Å². The zero-order valence-corrected chi connectivity index (χ0v) is 17.4. The van der Waals surface area contributed by atoms with Gasteiger partial charge in [-0.3, -0.25) is 9.89 Å². The summed E-state index contributed by atoms with van der Waals surface area (Å²) in [6, 6.07) is 0.451. The van der Waals surface area contributed by atoms with Crippen LogP contribution < -0.4 is 16.0 Å². The van der Waals surface area contributed by atoms with Crippen LogP contribution in [0, 0.1) is 0 Å². The van der Waals surface area contributed by atoms with Gasteiger partial charge in [0.05, 0.1) is 0 Å². The van der Waals surface area contributed by atoms with Crippen molar-refractivity contribution in [3.8, 4) is 0 Å². The summed E-state index contributed by atoms with van der Waals surface area (Å²) in [6.45, 7) is 17.5. The Bertz CT molecular complexity index is 441. The molecule has 26 heavy (non-hydrogen) atoms. The fourth-order valence-corrected chi connectivity index (χ4v) is 2.77. The molecule has 0 aliphatic carbocycles. The van der Waals surface area contributed by atoms with E-state index in [0.717, 1.165) is 45.2 Å². The Kier molecular flexibility index (Phi) is 9.72. The van der Waals surface area contributed by atoms with Crippen molar-refractivity contribution in [2.45, 2.75) is 46.3 Å². The van der Waals surface area contributed by atoms with Crippen molar-refractivity contribution in [2.24, 2.45) is 4.99 Å². The molecule has 1 unspecified atom stereocenters. The van der Waals surface area contributed by atoms with Gasteiger partial charge in [-0.05, 0) is 34.2 Å². The van der Waals surface area contributed by atoms with E-state index in [0.29, 0.717) is 19.1 Å². The number of alkyl carbamates (subject to hydrolysis) is 1. The van der Waals surface area contributed by atoms with Gasteiger partial charge in [0.2, 0.25) is 0 Å². The van der Waals surface area contributed by atoms with Crippen molar-refractivity contribution < 1.29 is 9.53 Å². The molecule has 1 heterocycles. The van der Waals surface area contributed by atoms with Crippen LogP contribution in [0.4, 0.5) is 4.79 Å². The molecule has 8 heteroatoms. The van der Waals surface area contributed by atoms with Gasteiger partial charge >= 0.3 is 6.09 Å². The molecule has 1 aliphatic rings. The predicted molar refractivity (Wildman–Crippen MR) is 107 cm³/mol. The van der Waals surface area contributed by atoms with Gasteiger partial charge in [0.15, 0.2) is 5.96 Å². The third-order valence-electron chi connectivity index (χ3n) is 4.35. The van der Waals surface area contributed by atoms with Crippen molar-refractivity contribution in [2.75, 3.05) is 59.4 Å². The molecule has 0 bridgehead atoms. The molecule has 152 valence electrons. The number of ether oxygens (including phenoxy) is 1. The van der Waals surface area contributed by atoms with Crippen LogP contribution in [0.5, 0.6) is 0 Å². The van der Waals surface area contributed by atoms with Gasteiger partial charge in [0.25, 0.3) is 0 Å². The van der Waals surface area contributed by atoms with Crippen molar-refractivity contribution in [1.82, 2.24) is 25.8 Å². The summed E-state index contributed by atoms with van der Waals surface area (Å²) in [5, 5.41) is 9.29. The third kappa shape index (κ3) is 9.24. The monoisotopic (exact) mass is 370 g/mol. The van der Waals surface area contributed by atoms with Crippen LogP contribution in [0.1, 0.15) is 34.6 Å². The molecule has 1 atom stereocenters. The van der Waals surface area contributed by atoms with E-state index in [-0.39, 0.29) is 0 Å². The summed E-state index contributed by atoms with van der Waals surface area (Å²) in [5.74, 6) is 0.745. The second kappa shape index (κ2) is 11.2. The quantitative estimate of drug-likeness (QED) is 0.348. The zero-order valence-electron chi connectivity index (χ0n) is 17.4. The number of rotatable bonds is 7. The van der Waals surface area contributed by atoms with Crippen molar-refractivity contribution in [3.63, 3.8) is 0 Å². The lowest BCUT2D eigenvalue weighted by atomic mass is 10.2. The van der Waals surface area contributed by atoms with Gasteiger partial charge in [-0.25, -0.2) is 4.79 Å². The number of aliphatic imine (C=N–C) groups is 1. The minimum absolute atomic E-state index is 0.401. The molecular formula is C18H38N6O2. The predicted octanol–water partition coefficient (Wildman–Crippen LogP) is 0.702. The summed E-state index contributed by atoms with van der Waals surface area (Å²) in [6.07, 6.45) is -0.401. The molecule has 1 fully saturated rings. The average molecular weight is 371 g/mol. The average Bonchev–Trinajstić information content (AvgIpc) is 2.59. The maximum absolute atomic E-state index is 11.6. The first-order valence-electron chi connectivity index (χ1n) is 9.63. The number of hydrogen-bond acceptors (Lipinski definition) is 5. The summed E-state index contributed by atoms with van der Waals surface area (Å²) < 4.78 is 5.20. The fraction of sp³-hybridized carbons (Fsp3) is 0.889. The molecule has 8 nitrogen and oxygen atoms in total. The van der Waals surface area contributed by atoms with E-state index in [1.165, 1.54) is 0 Å². The maximum Gasteiger partial charge on any atom is 0.407 e. The topological polar surface area (TPSA) is 81.2 Å². The Morgan fingerprint density at radius 3 is 2.27 bits per heavy atom. The van der Waals surface area contributed by atoms with Gasteiger partial charge in [-0.15, -0.1) is 0 Å². The minimum Gasteiger partial charge on any atom is -0.444 e. The number of hydrogen-bond donors (Lipinski definition) is 3. The van der Waals surface area contributed by atoms with Crippen molar-refractivity contribution in [1.29, 1.82) is 0 Å². The summed E-state index contributed by atoms with van der Waals surface area (Å²) in [4.78, 5) is 20.8. The fourth-order valence-electron chi connectivity index (χ4n) is 2.77. The maximum atomic E-state index is 11.6. The van der Waals surface area contributed by atoms with E-state index >= 15 is 0 Å². The number of amides is 1. The van der Waals surface area contributed by atoms with E-state index < -0.39 is 11.7 Å². The van der Waals surface area contributed by atoms with E-state index in [2.05, 4.69) is 44.6 Å². The molecule has 1 amide bonds. The normalized spacial score (nSPS) is 18.3. The number of carbonyl (C=O) groups excluding carboxylic acids is 1. The highest BCUT2D eigenvalue weighted by Crippen LogP contribution is 2.06. The van der Waals surface area contributed by atoms with E-state index in [9.17, 15) is 4.79 Å². The first-order valence-corrected chi connectivity index (χ1v) is 9.63. The first-order chi connectivity index (χ1) is 12.2. The Morgan fingerprint density at radius 2 is 1.73 bits per heavy atom. The van der Waals surface area contributed by atoms with Crippen LogP contribution in [0.25, 0.3) is 0 Å². The molecule has 0 aromatic heterocycles. The molecule has 0 saturated carbocycles. The van der Waals surface area contributed by atoms with E-state index in [1.807, 2.05) is 20.8 Å². The molecule has 1 saturated heterocycles. The molecular weight excluding hydrogens is 332 g/mol. The first kappa shape index (κ1) is 22.5. The SMILES string of the molecule is CCN1CCN(C(C)CNC(=NC)NCCNC(=O)OC(C)(C)C)CC1. The largest absolute Gasteiger partial charge is 0.444 e. The summed E-state index contributed by atoms with van der Waals surface area (Å²) in [7, 11) is 1.75. The van der Waals surface area contributed by atoms with Crippen LogP contribution in [0.2, 0.25) is 0 Å². The Morgan fingerprint density at radius 1 is 1.12 bits per heavy atom. The number of guanidine groups is 1. The van der Waals surface area contributed by atoms with E-state index in [1.54, 1.807) is 7.05 Å². The molecule has 3 N–H and O–H groups in total. The van der Waals surface area contributed by atoms with Crippen LogP contribution in [0.15, 0.2) is 4.99 Å². The van der Waals surface area contributed by atoms with Crippen molar-refractivity contribution in [3.05, 3.63) is 0 Å². The molecule has 0 aromatic carbocycles. The van der Waals surface area contributed by atoms with Gasteiger partial charge in [-0.2, -0.15) is 0 Å². The number of piperazine rings is 1. The highest BCUT2D eigenvalue weighted by molar-refractivity contribution is 5.79. The standard InChI is InChI=1S/C18H38N6O2/c1-7-23-10-12-24(13-11-23)15(2)14-22-16(19-6)20-8-9-21-17(25)26-18(3,4)5/h15H,7-14H2,1-6H3,(H,21,25)(H2,19,20,22). The number of nitrogens with one attached hydrogen (secondary N) is 3. The smallest absolute Gasteiger partial charge is 0.407 e. The lowest BCUT2D eigenvalue weighted by Crippen LogP contribution is -2.53. The number of nitrogens with zero attached hydrogens (tertiary/aromatic N) is 3. The molecule has 1 rings (SSSR count). The highest BCUT2D eigenvalue weighted by atomic mass is 16.6. The zero-order chi connectivity index (χ0) is 19.6. The number of likely N-dealkylation sites (N-methyl/N-ethyl adjacent to an activating group) is 1. The van der Waals surface area contributed by atoms with E-state index in [4.69, 9.17) is 4.74 Å². The van der Waals surface area contributed by atoms with Crippen molar-refractivity contribution >= 4 is 12.1 Å². The second-order valence-corrected chi connectivity index (χ2v) is 7.63. The Hall–Kier alpha value is -1.54. The van der Waals surface area contributed by atoms with Gasteiger partial charge in [0, 0.05) is 58.9 Å². The van der Waals surface area contributed by atoms with Gasteiger partial charge < -0.3 is 25.6 Å². The lowest BCUT2D eigenvalue weighted by molar-refractivity contribution is 0.0529. The van der Waals surface area contributed by atoms with Crippen LogP contribution in [-0.2, 0) is 4.74 Å². The molecule has 0 spiro atoms. The molecule has 0 radical (unpaired) electrons. The van der Waals surface area contributed by atoms with Gasteiger partial charge in [0.1, 0.15) is 5.60 Å². The summed E-state index contributed by atoms with van der Waals surface area (Å²) >= 11 is 0. The molecule has 1 aliphatic heterocycles. The summed E-state index contributed by atoms with van der Waals surface area (Å²) in [5.41, 5.74) is -0.478. The van der Waals surface area contributed by atoms with Crippen LogP contribution >= 0.6 is 0 Å². The third-order valence-corrected chi connectivity index (χ3v) is 4.35. The van der Waals surface area contributed by atoms with Crippen LogP contribution in [-0.4, -0.2) is 92.9 Å². The van der Waals surface area contributed by atoms with Gasteiger partial charge in [-0.1, -0.05) is 6.92 Å². The Balaban J connectivity index is 2.19. The second-order valence-electron chi connectivity index (χ2n) is 7.63. The lowest BCUT2D eigenvalue weighted by Gasteiger charge is -2.37. The molecule has 0 aromatic rings. The highest BCUT2D eigenvalue weighted by Gasteiger charge is 2.20. The minimum atomic E-state index is -0.478. The Labute approximate surface area is 158 Å².